The van der Waals surface area contributed by atoms with E-state index < -0.39 is 5.97 Å². The number of rotatable bonds is 5. The van der Waals surface area contributed by atoms with Gasteiger partial charge in [0.05, 0.1) is 17.1 Å². The molecule has 114 valence electrons. The van der Waals surface area contributed by atoms with Gasteiger partial charge in [-0.05, 0) is 46.3 Å². The van der Waals surface area contributed by atoms with Crippen molar-refractivity contribution in [3.63, 3.8) is 0 Å². The first-order valence-electron chi connectivity index (χ1n) is 6.45. The van der Waals surface area contributed by atoms with E-state index in [9.17, 15) is 9.59 Å². The van der Waals surface area contributed by atoms with E-state index in [1.165, 1.54) is 7.11 Å². The molecule has 2 aromatic carbocycles. The summed E-state index contributed by atoms with van der Waals surface area (Å²) in [5.41, 5.74) is 1.10. The predicted octanol–water partition coefficient (Wildman–Crippen LogP) is 3.25. The van der Waals surface area contributed by atoms with E-state index in [0.717, 1.165) is 0 Å². The number of methoxy groups -OCH3 is 1. The standard InChI is InChI=1S/C16H14BrNO4/c1-21-16(20)11-7-8-14(13(17)9-11)22-10-15(19)18-12-5-3-2-4-6-12/h2-9H,10H2,1H3,(H,18,19). The van der Waals surface area contributed by atoms with Crippen LogP contribution in [-0.2, 0) is 9.53 Å². The van der Waals surface area contributed by atoms with Gasteiger partial charge in [0.2, 0.25) is 0 Å². The van der Waals surface area contributed by atoms with Gasteiger partial charge in [-0.2, -0.15) is 0 Å². The van der Waals surface area contributed by atoms with Crippen molar-refractivity contribution in [2.45, 2.75) is 0 Å². The number of anilines is 1. The molecule has 0 saturated heterocycles. The number of carbonyl (C=O) groups is 2. The molecule has 1 N–H and O–H groups in total. The maximum absolute atomic E-state index is 11.8. The first kappa shape index (κ1) is 16.0. The molecule has 0 unspecified atom stereocenters. The SMILES string of the molecule is COC(=O)c1ccc(OCC(=O)Nc2ccccc2)c(Br)c1. The minimum Gasteiger partial charge on any atom is -0.483 e. The molecule has 0 saturated carbocycles. The van der Waals surface area contributed by atoms with Gasteiger partial charge in [-0.15, -0.1) is 0 Å². The Morgan fingerprint density at radius 3 is 2.50 bits per heavy atom. The summed E-state index contributed by atoms with van der Waals surface area (Å²) < 4.78 is 10.6. The summed E-state index contributed by atoms with van der Waals surface area (Å²) in [5.74, 6) is -0.236. The lowest BCUT2D eigenvalue weighted by Crippen LogP contribution is -2.20. The van der Waals surface area contributed by atoms with Crippen LogP contribution in [0.5, 0.6) is 5.75 Å². The normalized spacial score (nSPS) is 9.91. The molecule has 0 fully saturated rings. The number of benzene rings is 2. The van der Waals surface area contributed by atoms with Crippen LogP contribution in [0.15, 0.2) is 53.0 Å². The molecule has 0 aliphatic heterocycles. The van der Waals surface area contributed by atoms with E-state index in [2.05, 4.69) is 26.0 Å². The third-order valence-corrected chi connectivity index (χ3v) is 3.39. The summed E-state index contributed by atoms with van der Waals surface area (Å²) in [4.78, 5) is 23.2. The van der Waals surface area contributed by atoms with Gasteiger partial charge < -0.3 is 14.8 Å². The van der Waals surface area contributed by atoms with Gasteiger partial charge in [0.15, 0.2) is 6.61 Å². The Morgan fingerprint density at radius 1 is 1.14 bits per heavy atom. The summed E-state index contributed by atoms with van der Waals surface area (Å²) >= 11 is 3.30. The molecule has 0 bridgehead atoms. The van der Waals surface area contributed by atoms with Crippen molar-refractivity contribution < 1.29 is 19.1 Å². The number of hydrogen-bond donors (Lipinski definition) is 1. The molecule has 22 heavy (non-hydrogen) atoms. The smallest absolute Gasteiger partial charge is 0.337 e. The lowest BCUT2D eigenvalue weighted by atomic mass is 10.2. The van der Waals surface area contributed by atoms with Crippen molar-refractivity contribution in [1.29, 1.82) is 0 Å². The summed E-state index contributed by atoms with van der Waals surface area (Å²) in [6, 6.07) is 13.9. The molecule has 5 nitrogen and oxygen atoms in total. The second-order valence-electron chi connectivity index (χ2n) is 4.34. The summed E-state index contributed by atoms with van der Waals surface area (Å²) in [5, 5.41) is 2.72. The Kier molecular flexibility index (Phi) is 5.55. The van der Waals surface area contributed by atoms with E-state index in [0.29, 0.717) is 21.5 Å². The van der Waals surface area contributed by atoms with Crippen molar-refractivity contribution in [2.24, 2.45) is 0 Å². The summed E-state index contributed by atoms with van der Waals surface area (Å²) in [6.45, 7) is -0.134. The molecule has 1 amide bonds. The number of amides is 1. The van der Waals surface area contributed by atoms with E-state index in [1.54, 1.807) is 30.3 Å². The minimum atomic E-state index is -0.436. The second-order valence-corrected chi connectivity index (χ2v) is 5.19. The summed E-state index contributed by atoms with van der Waals surface area (Å²) in [6.07, 6.45) is 0. The maximum atomic E-state index is 11.8. The Labute approximate surface area is 136 Å². The first-order chi connectivity index (χ1) is 10.6. The van der Waals surface area contributed by atoms with Crippen molar-refractivity contribution >= 4 is 33.5 Å². The predicted molar refractivity (Wildman–Crippen MR) is 86.0 cm³/mol. The summed E-state index contributed by atoms with van der Waals surface area (Å²) in [7, 11) is 1.31. The number of esters is 1. The Hall–Kier alpha value is -2.34. The highest BCUT2D eigenvalue weighted by atomic mass is 79.9. The molecule has 0 radical (unpaired) electrons. The average molecular weight is 364 g/mol. The van der Waals surface area contributed by atoms with Crippen LogP contribution in [0.1, 0.15) is 10.4 Å². The molecule has 0 heterocycles. The average Bonchev–Trinajstić information content (AvgIpc) is 2.53. The fourth-order valence-electron chi connectivity index (χ4n) is 1.72. The van der Waals surface area contributed by atoms with Crippen molar-refractivity contribution in [3.05, 3.63) is 58.6 Å². The van der Waals surface area contributed by atoms with Gasteiger partial charge in [0.25, 0.3) is 5.91 Å². The quantitative estimate of drug-likeness (QED) is 0.828. The van der Waals surface area contributed by atoms with Crippen molar-refractivity contribution in [1.82, 2.24) is 0 Å². The van der Waals surface area contributed by atoms with Gasteiger partial charge >= 0.3 is 5.97 Å². The second kappa shape index (κ2) is 7.61. The topological polar surface area (TPSA) is 64.6 Å². The van der Waals surface area contributed by atoms with Gasteiger partial charge in [0.1, 0.15) is 5.75 Å². The number of para-hydroxylation sites is 1. The van der Waals surface area contributed by atoms with Crippen LogP contribution in [-0.4, -0.2) is 25.6 Å². The molecule has 0 aliphatic carbocycles. The molecule has 2 aromatic rings. The monoisotopic (exact) mass is 363 g/mol. The number of nitrogens with one attached hydrogen (secondary N) is 1. The zero-order valence-corrected chi connectivity index (χ0v) is 13.4. The van der Waals surface area contributed by atoms with E-state index in [4.69, 9.17) is 4.74 Å². The fraction of sp³-hybridized carbons (Fsp3) is 0.125. The molecule has 6 heteroatoms. The highest BCUT2D eigenvalue weighted by Crippen LogP contribution is 2.26. The molecule has 0 aliphatic rings. The Balaban J connectivity index is 1.94. The van der Waals surface area contributed by atoms with Crippen LogP contribution in [0.2, 0.25) is 0 Å². The molecular formula is C16H14BrNO4. The minimum absolute atomic E-state index is 0.134. The largest absolute Gasteiger partial charge is 0.483 e. The molecular weight excluding hydrogens is 350 g/mol. The number of halogens is 1. The first-order valence-corrected chi connectivity index (χ1v) is 7.25. The van der Waals surface area contributed by atoms with Crippen LogP contribution in [0.4, 0.5) is 5.69 Å². The third-order valence-electron chi connectivity index (χ3n) is 2.77. The maximum Gasteiger partial charge on any atom is 0.337 e. The zero-order valence-electron chi connectivity index (χ0n) is 11.8. The third kappa shape index (κ3) is 4.33. The van der Waals surface area contributed by atoms with Gasteiger partial charge in [-0.1, -0.05) is 18.2 Å². The van der Waals surface area contributed by atoms with Gasteiger partial charge in [0, 0.05) is 5.69 Å². The van der Waals surface area contributed by atoms with Crippen LogP contribution in [0, 0.1) is 0 Å². The molecule has 2 rings (SSSR count). The van der Waals surface area contributed by atoms with E-state index >= 15 is 0 Å². The molecule has 0 spiro atoms. The van der Waals surface area contributed by atoms with Crippen LogP contribution < -0.4 is 10.1 Å². The van der Waals surface area contributed by atoms with E-state index in [1.807, 2.05) is 18.2 Å². The Bertz CT molecular complexity index is 673. The number of carbonyl (C=O) groups excluding carboxylic acids is 2. The van der Waals surface area contributed by atoms with Crippen molar-refractivity contribution in [3.8, 4) is 5.75 Å². The number of ether oxygens (including phenoxy) is 2. The van der Waals surface area contributed by atoms with Crippen LogP contribution in [0.25, 0.3) is 0 Å². The van der Waals surface area contributed by atoms with Crippen LogP contribution >= 0.6 is 15.9 Å². The lowest BCUT2D eigenvalue weighted by molar-refractivity contribution is -0.118. The number of hydrogen-bond acceptors (Lipinski definition) is 4. The lowest BCUT2D eigenvalue weighted by Gasteiger charge is -2.09. The van der Waals surface area contributed by atoms with Crippen LogP contribution in [0.3, 0.4) is 0 Å². The zero-order chi connectivity index (χ0) is 15.9. The van der Waals surface area contributed by atoms with Gasteiger partial charge in [-0.3, -0.25) is 4.79 Å². The molecule has 0 atom stereocenters. The van der Waals surface area contributed by atoms with Crippen molar-refractivity contribution in [2.75, 3.05) is 19.0 Å². The van der Waals surface area contributed by atoms with Gasteiger partial charge in [-0.25, -0.2) is 4.79 Å². The fourth-order valence-corrected chi connectivity index (χ4v) is 2.22. The highest BCUT2D eigenvalue weighted by molar-refractivity contribution is 9.10. The molecule has 0 aromatic heterocycles. The highest BCUT2D eigenvalue weighted by Gasteiger charge is 2.10. The van der Waals surface area contributed by atoms with E-state index in [-0.39, 0.29) is 12.5 Å². The Morgan fingerprint density at radius 2 is 1.86 bits per heavy atom.